The van der Waals surface area contributed by atoms with Gasteiger partial charge in [-0.1, -0.05) is 0 Å². The number of carbonyl (C=O) groups excluding carboxylic acids is 2. The first-order valence-electron chi connectivity index (χ1n) is 6.68. The number of amides is 1. The zero-order chi connectivity index (χ0) is 16.9. The fourth-order valence-electron chi connectivity index (χ4n) is 1.86. The summed E-state index contributed by atoms with van der Waals surface area (Å²) >= 11 is 5.34. The zero-order valence-electron chi connectivity index (χ0n) is 12.6. The molecular formula is C15H18ClF2NO3. The monoisotopic (exact) mass is 333 g/mol. The third-order valence-corrected chi connectivity index (χ3v) is 2.69. The molecule has 1 N–H and O–H groups in total. The summed E-state index contributed by atoms with van der Waals surface area (Å²) in [5.74, 6) is -1.47. The second kappa shape index (κ2) is 7.54. The largest absolute Gasteiger partial charge is 0.444 e. The number of alkyl carbamates (subject to hydrolysis) is 1. The minimum atomic E-state index is -0.733. The predicted octanol–water partition coefficient (Wildman–Crippen LogP) is 3.56. The Morgan fingerprint density at radius 1 is 1.23 bits per heavy atom. The van der Waals surface area contributed by atoms with E-state index in [4.69, 9.17) is 16.3 Å². The Labute approximate surface area is 132 Å². The number of ether oxygens (including phenoxy) is 1. The molecule has 0 aromatic heterocycles. The van der Waals surface area contributed by atoms with Gasteiger partial charge in [-0.3, -0.25) is 4.79 Å². The van der Waals surface area contributed by atoms with Crippen LogP contribution in [0.3, 0.4) is 0 Å². The standard InChI is InChI=1S/C15H18ClF2NO3/c1-15(2,3)22-14(21)19-12(8-13(16)20)6-9-4-10(17)7-11(18)5-9/h4-5,7,12H,6,8H2,1-3H3,(H,19,21)/t12-/m0/s1. The van der Waals surface area contributed by atoms with Crippen LogP contribution in [-0.2, 0) is 16.0 Å². The van der Waals surface area contributed by atoms with Crippen molar-refractivity contribution in [2.24, 2.45) is 0 Å². The van der Waals surface area contributed by atoms with E-state index in [9.17, 15) is 18.4 Å². The number of halogens is 3. The van der Waals surface area contributed by atoms with Gasteiger partial charge in [-0.25, -0.2) is 13.6 Å². The Hall–Kier alpha value is -1.69. The van der Waals surface area contributed by atoms with Crippen molar-refractivity contribution in [2.45, 2.75) is 45.3 Å². The maximum Gasteiger partial charge on any atom is 0.407 e. The van der Waals surface area contributed by atoms with Crippen molar-refractivity contribution in [3.05, 3.63) is 35.4 Å². The molecule has 0 unspecified atom stereocenters. The molecule has 1 amide bonds. The minimum Gasteiger partial charge on any atom is -0.444 e. The van der Waals surface area contributed by atoms with E-state index in [0.717, 1.165) is 18.2 Å². The smallest absolute Gasteiger partial charge is 0.407 e. The van der Waals surface area contributed by atoms with Crippen LogP contribution in [0.15, 0.2) is 18.2 Å². The number of hydrogen-bond acceptors (Lipinski definition) is 3. The molecule has 122 valence electrons. The van der Waals surface area contributed by atoms with E-state index in [-0.39, 0.29) is 12.8 Å². The van der Waals surface area contributed by atoms with Crippen molar-refractivity contribution in [1.82, 2.24) is 5.32 Å². The summed E-state index contributed by atoms with van der Waals surface area (Å²) in [7, 11) is 0. The van der Waals surface area contributed by atoms with Crippen LogP contribution in [0.1, 0.15) is 32.8 Å². The summed E-state index contributed by atoms with van der Waals surface area (Å²) in [6.07, 6.45) is -0.863. The average molecular weight is 334 g/mol. The highest BCUT2D eigenvalue weighted by atomic mass is 35.5. The number of rotatable bonds is 5. The van der Waals surface area contributed by atoms with Crippen molar-refractivity contribution in [3.63, 3.8) is 0 Å². The third-order valence-electron chi connectivity index (χ3n) is 2.53. The molecule has 0 heterocycles. The van der Waals surface area contributed by atoms with Gasteiger partial charge in [0.1, 0.15) is 17.2 Å². The SMILES string of the molecule is CC(C)(C)OC(=O)N[C@H](CC(=O)Cl)Cc1cc(F)cc(F)c1. The molecule has 1 rings (SSSR count). The van der Waals surface area contributed by atoms with Crippen LogP contribution in [0.2, 0.25) is 0 Å². The summed E-state index contributed by atoms with van der Waals surface area (Å²) in [6.45, 7) is 5.07. The second-order valence-corrected chi connectivity index (χ2v) is 6.31. The first-order chi connectivity index (χ1) is 10.0. The second-order valence-electron chi connectivity index (χ2n) is 5.88. The lowest BCUT2D eigenvalue weighted by Gasteiger charge is -2.23. The van der Waals surface area contributed by atoms with Gasteiger partial charge in [0.25, 0.3) is 0 Å². The van der Waals surface area contributed by atoms with Crippen molar-refractivity contribution in [1.29, 1.82) is 0 Å². The van der Waals surface area contributed by atoms with Crippen molar-refractivity contribution >= 4 is 22.9 Å². The Morgan fingerprint density at radius 2 is 1.77 bits per heavy atom. The summed E-state index contributed by atoms with van der Waals surface area (Å²) in [4.78, 5) is 22.8. The molecule has 1 atom stereocenters. The Morgan fingerprint density at radius 3 is 2.23 bits per heavy atom. The molecule has 0 aliphatic heterocycles. The first-order valence-corrected chi connectivity index (χ1v) is 7.06. The lowest BCUT2D eigenvalue weighted by atomic mass is 10.0. The summed E-state index contributed by atoms with van der Waals surface area (Å²) < 4.78 is 31.4. The molecule has 4 nitrogen and oxygen atoms in total. The zero-order valence-corrected chi connectivity index (χ0v) is 13.3. The highest BCUT2D eigenvalue weighted by molar-refractivity contribution is 6.63. The molecule has 1 aromatic rings. The highest BCUT2D eigenvalue weighted by Crippen LogP contribution is 2.13. The van der Waals surface area contributed by atoms with Crippen LogP contribution in [-0.4, -0.2) is 23.0 Å². The molecule has 0 radical (unpaired) electrons. The van der Waals surface area contributed by atoms with Gasteiger partial charge in [-0.2, -0.15) is 0 Å². The summed E-state index contributed by atoms with van der Waals surface area (Å²) in [5, 5.41) is 1.81. The molecule has 0 spiro atoms. The van der Waals surface area contributed by atoms with Crippen LogP contribution in [0.25, 0.3) is 0 Å². The van der Waals surface area contributed by atoms with E-state index in [1.54, 1.807) is 20.8 Å². The maximum atomic E-state index is 13.2. The van der Waals surface area contributed by atoms with Gasteiger partial charge in [0.2, 0.25) is 5.24 Å². The summed E-state index contributed by atoms with van der Waals surface area (Å²) in [5.41, 5.74) is -0.402. The van der Waals surface area contributed by atoms with E-state index >= 15 is 0 Å². The fourth-order valence-corrected chi connectivity index (χ4v) is 2.04. The Kier molecular flexibility index (Phi) is 6.29. The normalized spacial score (nSPS) is 12.6. The topological polar surface area (TPSA) is 55.4 Å². The lowest BCUT2D eigenvalue weighted by Crippen LogP contribution is -2.41. The van der Waals surface area contributed by atoms with Crippen LogP contribution in [0, 0.1) is 11.6 Å². The molecule has 0 saturated heterocycles. The predicted molar refractivity (Wildman–Crippen MR) is 78.7 cm³/mol. The number of nitrogens with one attached hydrogen (secondary N) is 1. The number of carbonyl (C=O) groups is 2. The van der Waals surface area contributed by atoms with Gasteiger partial charge in [0, 0.05) is 18.5 Å². The molecular weight excluding hydrogens is 316 g/mol. The summed E-state index contributed by atoms with van der Waals surface area (Å²) in [6, 6.07) is 2.28. The van der Waals surface area contributed by atoms with Crippen molar-refractivity contribution < 1.29 is 23.1 Å². The van der Waals surface area contributed by atoms with Crippen LogP contribution in [0.5, 0.6) is 0 Å². The van der Waals surface area contributed by atoms with Gasteiger partial charge in [0.05, 0.1) is 0 Å². The van der Waals surface area contributed by atoms with Crippen molar-refractivity contribution in [2.75, 3.05) is 0 Å². The molecule has 0 bridgehead atoms. The van der Waals surface area contributed by atoms with Gasteiger partial charge in [-0.15, -0.1) is 0 Å². The highest BCUT2D eigenvalue weighted by Gasteiger charge is 2.21. The Bertz CT molecular complexity index is 538. The molecule has 0 aliphatic rings. The first kappa shape index (κ1) is 18.4. The van der Waals surface area contributed by atoms with Crippen LogP contribution < -0.4 is 5.32 Å². The molecule has 22 heavy (non-hydrogen) atoms. The van der Waals surface area contributed by atoms with E-state index in [2.05, 4.69) is 5.32 Å². The fraction of sp³-hybridized carbons (Fsp3) is 0.467. The lowest BCUT2D eigenvalue weighted by molar-refractivity contribution is -0.112. The molecule has 7 heteroatoms. The van der Waals surface area contributed by atoms with Gasteiger partial charge < -0.3 is 10.1 Å². The van der Waals surface area contributed by atoms with E-state index in [1.165, 1.54) is 0 Å². The Balaban J connectivity index is 2.80. The van der Waals surface area contributed by atoms with Gasteiger partial charge >= 0.3 is 6.09 Å². The van der Waals surface area contributed by atoms with Crippen LogP contribution >= 0.6 is 11.6 Å². The molecule has 1 aromatic carbocycles. The van der Waals surface area contributed by atoms with Gasteiger partial charge in [0.15, 0.2) is 0 Å². The maximum absolute atomic E-state index is 13.2. The van der Waals surface area contributed by atoms with Gasteiger partial charge in [-0.05, 0) is 56.5 Å². The van der Waals surface area contributed by atoms with Crippen molar-refractivity contribution in [3.8, 4) is 0 Å². The number of benzene rings is 1. The average Bonchev–Trinajstić information content (AvgIpc) is 2.22. The minimum absolute atomic E-state index is 0.0480. The third kappa shape index (κ3) is 7.36. The number of hydrogen-bond donors (Lipinski definition) is 1. The quantitative estimate of drug-likeness (QED) is 0.838. The molecule has 0 saturated carbocycles. The molecule has 0 fully saturated rings. The van der Waals surface area contributed by atoms with E-state index in [1.807, 2.05) is 0 Å². The van der Waals surface area contributed by atoms with E-state index in [0.29, 0.717) is 5.56 Å². The van der Waals surface area contributed by atoms with E-state index < -0.39 is 34.6 Å². The molecule has 0 aliphatic carbocycles. The van der Waals surface area contributed by atoms with Crippen LogP contribution in [0.4, 0.5) is 13.6 Å².